The van der Waals surface area contributed by atoms with Gasteiger partial charge in [0.15, 0.2) is 0 Å². The van der Waals surface area contributed by atoms with Gasteiger partial charge in [0, 0.05) is 28.3 Å². The maximum Gasteiger partial charge on any atom is 0.136 e. The van der Waals surface area contributed by atoms with E-state index in [0.717, 1.165) is 49.0 Å². The van der Waals surface area contributed by atoms with Gasteiger partial charge in [-0.2, -0.15) is 0 Å². The SMILES string of the molecule is Cc1ccccc1-c1ccccc1.N=C(N)c1c2c(cc3c4ccccc4c4ccccc4c13)oc1ccccc12.NCc1ccccc1-c1ccccc1. The third-order valence-electron chi connectivity index (χ3n) is 10.2. The van der Waals surface area contributed by atoms with Crippen molar-refractivity contribution in [1.82, 2.24) is 0 Å². The maximum atomic E-state index is 8.43. The van der Waals surface area contributed by atoms with Gasteiger partial charge < -0.3 is 15.9 Å². The largest absolute Gasteiger partial charge is 0.456 e. The Morgan fingerprint density at radius 3 is 1.56 bits per heavy atom. The molecule has 0 bridgehead atoms. The van der Waals surface area contributed by atoms with Crippen LogP contribution >= 0.6 is 0 Å². The van der Waals surface area contributed by atoms with Gasteiger partial charge in [0.2, 0.25) is 0 Å². The number of nitrogen functional groups attached to an aromatic ring is 1. The molecule has 0 aliphatic rings. The van der Waals surface area contributed by atoms with Crippen LogP contribution in [0.15, 0.2) is 192 Å². The normalized spacial score (nSPS) is 10.9. The minimum absolute atomic E-state index is 0.0580. The first-order valence-electron chi connectivity index (χ1n) is 18.5. The van der Waals surface area contributed by atoms with E-state index in [1.54, 1.807) is 0 Å². The topological polar surface area (TPSA) is 89.0 Å². The van der Waals surface area contributed by atoms with Crippen LogP contribution in [0.3, 0.4) is 0 Å². The molecule has 10 aromatic rings. The Labute approximate surface area is 320 Å². The number of rotatable bonds is 4. The van der Waals surface area contributed by atoms with Crippen LogP contribution in [0, 0.1) is 12.3 Å². The van der Waals surface area contributed by atoms with Crippen LogP contribution in [0.25, 0.3) is 76.5 Å². The second kappa shape index (κ2) is 15.5. The molecule has 0 saturated carbocycles. The molecule has 0 atom stereocenters. The van der Waals surface area contributed by atoms with E-state index >= 15 is 0 Å². The van der Waals surface area contributed by atoms with E-state index in [4.69, 9.17) is 21.3 Å². The van der Waals surface area contributed by atoms with Gasteiger partial charge in [0.25, 0.3) is 0 Å². The summed E-state index contributed by atoms with van der Waals surface area (Å²) in [6, 6.07) is 64.3. The Morgan fingerprint density at radius 2 is 0.945 bits per heavy atom. The molecule has 4 nitrogen and oxygen atoms in total. The molecule has 10 rings (SSSR count). The number of aryl methyl sites for hydroxylation is 1. The minimum Gasteiger partial charge on any atom is -0.456 e. The summed E-state index contributed by atoms with van der Waals surface area (Å²) in [6.45, 7) is 2.73. The minimum atomic E-state index is 0.0580. The van der Waals surface area contributed by atoms with E-state index in [0.29, 0.717) is 6.54 Å². The molecule has 0 spiro atoms. The second-order valence-electron chi connectivity index (χ2n) is 13.6. The van der Waals surface area contributed by atoms with Crippen molar-refractivity contribution in [2.24, 2.45) is 11.5 Å². The molecule has 9 aromatic carbocycles. The third-order valence-corrected chi connectivity index (χ3v) is 10.2. The predicted octanol–water partition coefficient (Wildman–Crippen LogP) is 12.8. The van der Waals surface area contributed by atoms with Crippen LogP contribution in [0.1, 0.15) is 16.7 Å². The number of benzene rings is 9. The van der Waals surface area contributed by atoms with E-state index in [1.165, 1.54) is 44.2 Å². The lowest BCUT2D eigenvalue weighted by atomic mass is 9.89. The van der Waals surface area contributed by atoms with Crippen LogP contribution in [0.5, 0.6) is 0 Å². The highest BCUT2D eigenvalue weighted by molar-refractivity contribution is 6.35. The summed E-state index contributed by atoms with van der Waals surface area (Å²) in [6.07, 6.45) is 0. The van der Waals surface area contributed by atoms with Crippen molar-refractivity contribution in [3.05, 3.63) is 205 Å². The van der Waals surface area contributed by atoms with E-state index < -0.39 is 0 Å². The van der Waals surface area contributed by atoms with Crippen LogP contribution in [0.2, 0.25) is 0 Å². The Bertz CT molecular complexity index is 2950. The molecule has 0 unspecified atom stereocenters. The Hall–Kier alpha value is -7.01. The average molecular weight is 712 g/mol. The quantitative estimate of drug-likeness (QED) is 0.0964. The molecule has 1 aromatic heterocycles. The molecule has 4 heteroatoms. The summed E-state index contributed by atoms with van der Waals surface area (Å²) < 4.78 is 6.16. The number of nitrogens with two attached hydrogens (primary N) is 2. The average Bonchev–Trinajstić information content (AvgIpc) is 3.62. The number of furan rings is 1. The fourth-order valence-electron chi connectivity index (χ4n) is 7.65. The molecule has 0 amide bonds. The van der Waals surface area contributed by atoms with E-state index in [2.05, 4.69) is 122 Å². The van der Waals surface area contributed by atoms with Crippen molar-refractivity contribution < 1.29 is 4.42 Å². The molecular weight excluding hydrogens is 671 g/mol. The molecule has 1 heterocycles. The van der Waals surface area contributed by atoms with E-state index in [9.17, 15) is 0 Å². The highest BCUT2D eigenvalue weighted by atomic mass is 16.3. The lowest BCUT2D eigenvalue weighted by Crippen LogP contribution is -2.12. The van der Waals surface area contributed by atoms with Crippen molar-refractivity contribution in [1.29, 1.82) is 5.41 Å². The van der Waals surface area contributed by atoms with Crippen LogP contribution < -0.4 is 11.5 Å². The fourth-order valence-corrected chi connectivity index (χ4v) is 7.65. The molecule has 0 aliphatic carbocycles. The zero-order valence-corrected chi connectivity index (χ0v) is 30.7. The van der Waals surface area contributed by atoms with Crippen molar-refractivity contribution >= 4 is 60.1 Å². The Balaban J connectivity index is 0.000000132. The third kappa shape index (κ3) is 6.83. The van der Waals surface area contributed by atoms with Gasteiger partial charge in [0.1, 0.15) is 17.0 Å². The predicted molar refractivity (Wildman–Crippen MR) is 234 cm³/mol. The molecule has 0 fully saturated rings. The van der Waals surface area contributed by atoms with Crippen LogP contribution in [-0.4, -0.2) is 5.84 Å². The summed E-state index contributed by atoms with van der Waals surface area (Å²) in [7, 11) is 0. The first-order chi connectivity index (χ1) is 27.0. The first-order valence-corrected chi connectivity index (χ1v) is 18.5. The van der Waals surface area contributed by atoms with E-state index in [-0.39, 0.29) is 5.84 Å². The zero-order chi connectivity index (χ0) is 37.7. The standard InChI is InChI=1S/C25H16N2O.C13H13N.C13H12/c26-25(27)24-22-17-10-4-3-8-15(17)14-7-1-2-9-16(14)19(22)13-21-23(24)18-11-5-6-12-20(18)28-21;14-10-12-8-4-5-9-13(12)11-6-2-1-3-7-11;1-11-7-5-6-10-13(11)12-8-3-2-4-9-12/h1-13H,(H3,26,27);1-9H,10,14H2;2-10H,1H3. The highest BCUT2D eigenvalue weighted by Gasteiger charge is 2.20. The lowest BCUT2D eigenvalue weighted by Gasteiger charge is -2.14. The molecule has 0 radical (unpaired) electrons. The van der Waals surface area contributed by atoms with Crippen LogP contribution in [-0.2, 0) is 6.54 Å². The van der Waals surface area contributed by atoms with Crippen molar-refractivity contribution in [3.63, 3.8) is 0 Å². The summed E-state index contributed by atoms with van der Waals surface area (Å²) in [5, 5.41) is 17.0. The molecule has 55 heavy (non-hydrogen) atoms. The number of nitrogens with one attached hydrogen (secondary N) is 1. The smallest absolute Gasteiger partial charge is 0.136 e. The monoisotopic (exact) mass is 711 g/mol. The first kappa shape index (κ1) is 35.0. The molecule has 0 aliphatic heterocycles. The summed E-state index contributed by atoms with van der Waals surface area (Å²) >= 11 is 0. The highest BCUT2D eigenvalue weighted by Crippen LogP contribution is 2.42. The summed E-state index contributed by atoms with van der Waals surface area (Å²) in [5.74, 6) is 0.0580. The van der Waals surface area contributed by atoms with Crippen molar-refractivity contribution in [2.45, 2.75) is 13.5 Å². The van der Waals surface area contributed by atoms with Gasteiger partial charge in [-0.25, -0.2) is 0 Å². The molecule has 5 N–H and O–H groups in total. The maximum absolute atomic E-state index is 8.43. The summed E-state index contributed by atoms with van der Waals surface area (Å²) in [4.78, 5) is 0. The lowest BCUT2D eigenvalue weighted by molar-refractivity contribution is 0.669. The number of fused-ring (bicyclic) bond motifs is 9. The number of hydrogen-bond donors (Lipinski definition) is 3. The Kier molecular flexibility index (Phi) is 9.90. The van der Waals surface area contributed by atoms with E-state index in [1.807, 2.05) is 72.8 Å². The molecule has 266 valence electrons. The Morgan fingerprint density at radius 1 is 0.473 bits per heavy atom. The van der Waals surface area contributed by atoms with Gasteiger partial charge in [-0.15, -0.1) is 0 Å². The van der Waals surface area contributed by atoms with Gasteiger partial charge in [-0.05, 0) is 79.4 Å². The number of amidine groups is 1. The fraction of sp³-hybridized carbons (Fsp3) is 0.0392. The second-order valence-corrected chi connectivity index (χ2v) is 13.6. The van der Waals surface area contributed by atoms with Gasteiger partial charge >= 0.3 is 0 Å². The van der Waals surface area contributed by atoms with Gasteiger partial charge in [-0.3, -0.25) is 5.41 Å². The molecular formula is C51H41N3O. The van der Waals surface area contributed by atoms with Crippen LogP contribution in [0.4, 0.5) is 0 Å². The molecule has 0 saturated heterocycles. The number of para-hydroxylation sites is 1. The van der Waals surface area contributed by atoms with Crippen molar-refractivity contribution in [3.8, 4) is 22.3 Å². The van der Waals surface area contributed by atoms with Gasteiger partial charge in [0.05, 0.1) is 0 Å². The van der Waals surface area contributed by atoms with Gasteiger partial charge in [-0.1, -0.05) is 176 Å². The number of hydrogen-bond acceptors (Lipinski definition) is 3. The summed E-state index contributed by atoms with van der Waals surface area (Å²) in [5.41, 5.74) is 21.8. The van der Waals surface area contributed by atoms with Crippen molar-refractivity contribution in [2.75, 3.05) is 0 Å². The zero-order valence-electron chi connectivity index (χ0n) is 30.7.